The van der Waals surface area contributed by atoms with E-state index in [4.69, 9.17) is 10.5 Å². The number of nitrogens with zero attached hydrogens (tertiary/aromatic N) is 2. The third-order valence-electron chi connectivity index (χ3n) is 2.24. The second-order valence-electron chi connectivity index (χ2n) is 3.50. The molecule has 0 radical (unpaired) electrons. The lowest BCUT2D eigenvalue weighted by Gasteiger charge is -2.12. The summed E-state index contributed by atoms with van der Waals surface area (Å²) in [6, 6.07) is 0.0454. The summed E-state index contributed by atoms with van der Waals surface area (Å²) in [5.74, 6) is 1.90. The van der Waals surface area contributed by atoms with Gasteiger partial charge in [-0.15, -0.1) is 0 Å². The number of imidazole rings is 1. The standard InChI is InChI=1S/C10H15N5OS/c1-3-16-7-8(11)15-17-10(7)14-6(2)9-12-4-5-13-9/h4-6,14H,3H2,1-2H3,(H2,11,15)(H,12,13). The van der Waals surface area contributed by atoms with E-state index in [0.717, 1.165) is 10.8 Å². The highest BCUT2D eigenvalue weighted by atomic mass is 32.1. The lowest BCUT2D eigenvalue weighted by Crippen LogP contribution is -2.08. The zero-order valence-electron chi connectivity index (χ0n) is 9.73. The number of nitrogen functional groups attached to an aromatic ring is 1. The van der Waals surface area contributed by atoms with Crippen LogP contribution in [0.3, 0.4) is 0 Å². The van der Waals surface area contributed by atoms with Crippen LogP contribution in [0.5, 0.6) is 5.75 Å². The van der Waals surface area contributed by atoms with Crippen molar-refractivity contribution in [2.24, 2.45) is 0 Å². The van der Waals surface area contributed by atoms with E-state index in [-0.39, 0.29) is 6.04 Å². The minimum absolute atomic E-state index is 0.0454. The number of nitrogens with two attached hydrogens (primary N) is 1. The molecule has 0 aliphatic carbocycles. The number of H-pyrrole nitrogens is 1. The zero-order chi connectivity index (χ0) is 12.3. The molecule has 1 unspecified atom stereocenters. The molecule has 2 heterocycles. The fraction of sp³-hybridized carbons (Fsp3) is 0.400. The van der Waals surface area contributed by atoms with Gasteiger partial charge in [0.05, 0.1) is 12.6 Å². The van der Waals surface area contributed by atoms with Gasteiger partial charge in [0.25, 0.3) is 0 Å². The number of hydrogen-bond acceptors (Lipinski definition) is 6. The van der Waals surface area contributed by atoms with Gasteiger partial charge in [0.2, 0.25) is 0 Å². The Labute approximate surface area is 103 Å². The molecule has 2 aromatic heterocycles. The molecule has 0 aliphatic rings. The topological polar surface area (TPSA) is 88.8 Å². The molecule has 4 N–H and O–H groups in total. The van der Waals surface area contributed by atoms with Crippen LogP contribution in [-0.2, 0) is 0 Å². The van der Waals surface area contributed by atoms with Crippen LogP contribution in [0.2, 0.25) is 0 Å². The van der Waals surface area contributed by atoms with Crippen molar-refractivity contribution in [2.75, 3.05) is 17.7 Å². The third kappa shape index (κ3) is 2.50. The quantitative estimate of drug-likeness (QED) is 0.758. The number of ether oxygens (including phenoxy) is 1. The molecule has 0 aromatic carbocycles. The number of nitrogens with one attached hydrogen (secondary N) is 2. The van der Waals surface area contributed by atoms with Gasteiger partial charge in [0, 0.05) is 12.4 Å². The molecule has 0 saturated heterocycles. The first-order valence-electron chi connectivity index (χ1n) is 5.36. The second-order valence-corrected chi connectivity index (χ2v) is 4.27. The lowest BCUT2D eigenvalue weighted by molar-refractivity contribution is 0.344. The Balaban J connectivity index is 2.13. The molecule has 0 spiro atoms. The van der Waals surface area contributed by atoms with E-state index in [1.54, 1.807) is 12.4 Å². The Morgan fingerprint density at radius 1 is 1.65 bits per heavy atom. The van der Waals surface area contributed by atoms with Crippen molar-refractivity contribution >= 4 is 22.4 Å². The van der Waals surface area contributed by atoms with E-state index in [1.165, 1.54) is 11.5 Å². The average molecular weight is 253 g/mol. The summed E-state index contributed by atoms with van der Waals surface area (Å²) in [6.07, 6.45) is 3.51. The number of rotatable bonds is 5. The molecular weight excluding hydrogens is 238 g/mol. The Morgan fingerprint density at radius 2 is 2.47 bits per heavy atom. The van der Waals surface area contributed by atoms with E-state index in [2.05, 4.69) is 19.7 Å². The second kappa shape index (κ2) is 5.05. The summed E-state index contributed by atoms with van der Waals surface area (Å²) in [5.41, 5.74) is 5.73. The largest absolute Gasteiger partial charge is 0.487 e. The zero-order valence-corrected chi connectivity index (χ0v) is 10.5. The van der Waals surface area contributed by atoms with Crippen molar-refractivity contribution in [3.8, 4) is 5.75 Å². The molecule has 17 heavy (non-hydrogen) atoms. The Morgan fingerprint density at radius 3 is 3.12 bits per heavy atom. The maximum Gasteiger partial charge on any atom is 0.197 e. The molecular formula is C10H15N5OS. The van der Waals surface area contributed by atoms with E-state index in [0.29, 0.717) is 18.2 Å². The fourth-order valence-electron chi connectivity index (χ4n) is 1.45. The van der Waals surface area contributed by atoms with Crippen LogP contribution in [0, 0.1) is 0 Å². The summed E-state index contributed by atoms with van der Waals surface area (Å²) in [4.78, 5) is 7.24. The first kappa shape index (κ1) is 11.7. The Bertz CT molecular complexity index is 467. The molecule has 7 heteroatoms. The molecule has 2 aromatic rings. The summed E-state index contributed by atoms with van der Waals surface area (Å²) in [6.45, 7) is 4.48. The van der Waals surface area contributed by atoms with E-state index in [1.807, 2.05) is 13.8 Å². The lowest BCUT2D eigenvalue weighted by atomic mass is 10.3. The summed E-state index contributed by atoms with van der Waals surface area (Å²) < 4.78 is 9.53. The van der Waals surface area contributed by atoms with Gasteiger partial charge in [-0.25, -0.2) is 4.98 Å². The number of aromatic nitrogens is 3. The van der Waals surface area contributed by atoms with E-state index < -0.39 is 0 Å². The van der Waals surface area contributed by atoms with Crippen LogP contribution in [0.4, 0.5) is 10.8 Å². The minimum atomic E-state index is 0.0454. The molecule has 6 nitrogen and oxygen atoms in total. The average Bonchev–Trinajstić information content (AvgIpc) is 2.93. The van der Waals surface area contributed by atoms with Gasteiger partial charge in [0.1, 0.15) is 5.82 Å². The predicted octanol–water partition coefficient (Wildman–Crippen LogP) is 2.02. The van der Waals surface area contributed by atoms with Gasteiger partial charge in [0.15, 0.2) is 16.6 Å². The Hall–Kier alpha value is -1.76. The molecule has 2 rings (SSSR count). The van der Waals surface area contributed by atoms with Crippen molar-refractivity contribution in [3.63, 3.8) is 0 Å². The van der Waals surface area contributed by atoms with Crippen LogP contribution >= 0.6 is 11.5 Å². The van der Waals surface area contributed by atoms with Gasteiger partial charge in [-0.2, -0.15) is 4.37 Å². The maximum absolute atomic E-state index is 5.73. The van der Waals surface area contributed by atoms with Crippen LogP contribution < -0.4 is 15.8 Å². The van der Waals surface area contributed by atoms with Crippen molar-refractivity contribution < 1.29 is 4.74 Å². The summed E-state index contributed by atoms with van der Waals surface area (Å²) in [5, 5.41) is 4.10. The van der Waals surface area contributed by atoms with E-state index >= 15 is 0 Å². The highest BCUT2D eigenvalue weighted by Gasteiger charge is 2.16. The van der Waals surface area contributed by atoms with Crippen molar-refractivity contribution in [1.29, 1.82) is 0 Å². The van der Waals surface area contributed by atoms with Crippen LogP contribution in [-0.4, -0.2) is 20.9 Å². The Kier molecular flexibility index (Phi) is 3.48. The minimum Gasteiger partial charge on any atom is -0.487 e. The van der Waals surface area contributed by atoms with Crippen molar-refractivity contribution in [1.82, 2.24) is 14.3 Å². The monoisotopic (exact) mass is 253 g/mol. The van der Waals surface area contributed by atoms with Gasteiger partial charge in [-0.1, -0.05) is 0 Å². The SMILES string of the molecule is CCOc1c(N)nsc1NC(C)c1ncc[nH]1. The highest BCUT2D eigenvalue weighted by molar-refractivity contribution is 7.11. The van der Waals surface area contributed by atoms with Gasteiger partial charge >= 0.3 is 0 Å². The first-order chi connectivity index (χ1) is 8.22. The number of hydrogen-bond donors (Lipinski definition) is 3. The summed E-state index contributed by atoms with van der Waals surface area (Å²) >= 11 is 1.29. The highest BCUT2D eigenvalue weighted by Crippen LogP contribution is 2.36. The number of aromatic amines is 1. The van der Waals surface area contributed by atoms with Gasteiger partial charge in [-0.3, -0.25) is 0 Å². The predicted molar refractivity (Wildman–Crippen MR) is 68.3 cm³/mol. The first-order valence-corrected chi connectivity index (χ1v) is 6.13. The normalized spacial score (nSPS) is 12.4. The number of anilines is 2. The van der Waals surface area contributed by atoms with E-state index in [9.17, 15) is 0 Å². The van der Waals surface area contributed by atoms with Crippen molar-refractivity contribution in [3.05, 3.63) is 18.2 Å². The van der Waals surface area contributed by atoms with Crippen LogP contribution in [0.15, 0.2) is 12.4 Å². The maximum atomic E-state index is 5.73. The summed E-state index contributed by atoms with van der Waals surface area (Å²) in [7, 11) is 0. The molecule has 0 bridgehead atoms. The third-order valence-corrected chi connectivity index (χ3v) is 3.01. The van der Waals surface area contributed by atoms with Crippen LogP contribution in [0.25, 0.3) is 0 Å². The van der Waals surface area contributed by atoms with Gasteiger partial charge < -0.3 is 20.8 Å². The molecule has 0 fully saturated rings. The molecule has 0 aliphatic heterocycles. The van der Waals surface area contributed by atoms with Crippen LogP contribution in [0.1, 0.15) is 25.7 Å². The molecule has 0 saturated carbocycles. The molecule has 1 atom stereocenters. The van der Waals surface area contributed by atoms with Crippen molar-refractivity contribution in [2.45, 2.75) is 19.9 Å². The fourth-order valence-corrected chi connectivity index (χ4v) is 2.20. The van der Waals surface area contributed by atoms with Gasteiger partial charge in [-0.05, 0) is 25.4 Å². The molecule has 92 valence electrons. The smallest absolute Gasteiger partial charge is 0.197 e. The molecule has 0 amide bonds.